The van der Waals surface area contributed by atoms with E-state index in [-0.39, 0.29) is 5.57 Å². The third-order valence-electron chi connectivity index (χ3n) is 10.6. The molecule has 1 aliphatic carbocycles. The summed E-state index contributed by atoms with van der Waals surface area (Å²) in [6, 6.07) is -2.47. The summed E-state index contributed by atoms with van der Waals surface area (Å²) in [6.45, 7) is -1.79. The number of ether oxygens (including phenoxy) is 7. The van der Waals surface area contributed by atoms with Crippen LogP contribution in [0.1, 0.15) is 6.92 Å². The number of hydrogen-bond donors (Lipinski definition) is 17. The predicted octanol–water partition coefficient (Wildman–Crippen LogP) is -10.7. The number of nitrogens with one attached hydrogen (secondary N) is 1. The first-order valence-corrected chi connectivity index (χ1v) is 17.6. The van der Waals surface area contributed by atoms with E-state index in [1.807, 2.05) is 0 Å². The minimum absolute atomic E-state index is 0.0544. The highest BCUT2D eigenvalue weighted by Crippen LogP contribution is 2.34. The zero-order valence-corrected chi connectivity index (χ0v) is 29.3. The molecule has 24 unspecified atom stereocenters. The molecule has 4 saturated heterocycles. The van der Waals surface area contributed by atoms with Gasteiger partial charge in [-0.15, -0.1) is 0 Å². The van der Waals surface area contributed by atoms with Gasteiger partial charge in [0.15, 0.2) is 25.2 Å². The maximum atomic E-state index is 11.2. The van der Waals surface area contributed by atoms with Gasteiger partial charge in [0.05, 0.1) is 44.6 Å². The van der Waals surface area contributed by atoms with E-state index in [0.29, 0.717) is 0 Å². The van der Waals surface area contributed by atoms with Gasteiger partial charge in [0.25, 0.3) is 0 Å². The standard InChI is InChI=1S/C31H53NO23/c1-7-13(32-9-2-8(3-33)25(18(41)14(9)37)53-30-23(46)17(40)15(38)10(4-34)51-30)16(39)22(45)29(49-7)54-27-12(6-36)52-31(24(47)20(27)43)55-26-11(5-35)50-28(48)21(44)19(26)42/h2,7,9-48H,3-6H2,1H3. The lowest BCUT2D eigenvalue weighted by Gasteiger charge is -2.49. The topological polar surface area (TPSA) is 400 Å². The monoisotopic (exact) mass is 807 g/mol. The fraction of sp³-hybridized carbons (Fsp3) is 0.935. The third-order valence-corrected chi connectivity index (χ3v) is 10.6. The Bertz CT molecular complexity index is 1250. The second-order valence-corrected chi connectivity index (χ2v) is 14.2. The van der Waals surface area contributed by atoms with Crippen LogP contribution in [0.25, 0.3) is 0 Å². The number of aliphatic hydroxyl groups excluding tert-OH is 16. The zero-order valence-electron chi connectivity index (χ0n) is 29.3. The normalized spacial score (nSPS) is 52.5. The maximum Gasteiger partial charge on any atom is 0.187 e. The van der Waals surface area contributed by atoms with Gasteiger partial charge >= 0.3 is 0 Å². The summed E-state index contributed by atoms with van der Waals surface area (Å²) < 4.78 is 38.5. The first kappa shape index (κ1) is 44.9. The molecule has 55 heavy (non-hydrogen) atoms. The molecular weight excluding hydrogens is 754 g/mol. The van der Waals surface area contributed by atoms with E-state index < -0.39 is 174 Å². The molecule has 5 rings (SSSR count). The molecule has 0 spiro atoms. The van der Waals surface area contributed by atoms with Gasteiger partial charge in [0, 0.05) is 0 Å². The highest BCUT2D eigenvalue weighted by atomic mass is 16.8. The smallest absolute Gasteiger partial charge is 0.187 e. The molecule has 17 N–H and O–H groups in total. The summed E-state index contributed by atoms with van der Waals surface area (Å²) in [5, 5.41) is 169. The van der Waals surface area contributed by atoms with E-state index in [2.05, 4.69) is 5.32 Å². The third kappa shape index (κ3) is 9.03. The fourth-order valence-corrected chi connectivity index (χ4v) is 7.29. The Kier molecular flexibility index (Phi) is 15.3. The van der Waals surface area contributed by atoms with Gasteiger partial charge in [-0.05, 0) is 12.5 Å². The van der Waals surface area contributed by atoms with Crippen LogP contribution >= 0.6 is 0 Å². The van der Waals surface area contributed by atoms with Crippen LogP contribution in [-0.2, 0) is 33.2 Å². The molecule has 0 aromatic carbocycles. The first-order chi connectivity index (χ1) is 26.0. The Morgan fingerprint density at radius 1 is 0.509 bits per heavy atom. The summed E-state index contributed by atoms with van der Waals surface area (Å²) in [7, 11) is 0. The van der Waals surface area contributed by atoms with Crippen LogP contribution in [0.4, 0.5) is 0 Å². The van der Waals surface area contributed by atoms with Gasteiger partial charge in [-0.3, -0.25) is 0 Å². The molecule has 24 atom stereocenters. The first-order valence-electron chi connectivity index (χ1n) is 17.6. The van der Waals surface area contributed by atoms with Crippen molar-refractivity contribution in [1.29, 1.82) is 0 Å². The highest BCUT2D eigenvalue weighted by molar-refractivity contribution is 5.23. The molecule has 24 heteroatoms. The predicted molar refractivity (Wildman–Crippen MR) is 170 cm³/mol. The van der Waals surface area contributed by atoms with Gasteiger partial charge in [-0.25, -0.2) is 0 Å². The van der Waals surface area contributed by atoms with Gasteiger partial charge < -0.3 is 120 Å². The lowest BCUT2D eigenvalue weighted by molar-refractivity contribution is -0.373. The van der Waals surface area contributed by atoms with Crippen molar-refractivity contribution in [2.45, 2.75) is 154 Å². The van der Waals surface area contributed by atoms with Crippen molar-refractivity contribution in [2.75, 3.05) is 26.4 Å². The van der Waals surface area contributed by atoms with Gasteiger partial charge in [-0.2, -0.15) is 0 Å². The van der Waals surface area contributed by atoms with Crippen LogP contribution < -0.4 is 5.32 Å². The van der Waals surface area contributed by atoms with Crippen molar-refractivity contribution in [1.82, 2.24) is 5.32 Å². The minimum Gasteiger partial charge on any atom is -0.394 e. The lowest BCUT2D eigenvalue weighted by Crippen LogP contribution is -2.68. The summed E-state index contributed by atoms with van der Waals surface area (Å²) in [5.74, 6) is 0. The Labute approximate surface area is 312 Å². The number of rotatable bonds is 12. The molecule has 4 fully saturated rings. The average molecular weight is 808 g/mol. The zero-order chi connectivity index (χ0) is 40.6. The van der Waals surface area contributed by atoms with E-state index in [9.17, 15) is 81.7 Å². The average Bonchev–Trinajstić information content (AvgIpc) is 3.17. The van der Waals surface area contributed by atoms with Crippen molar-refractivity contribution < 1.29 is 115 Å². The summed E-state index contributed by atoms with van der Waals surface area (Å²) in [5.41, 5.74) is -0.0544. The molecule has 0 aromatic heterocycles. The van der Waals surface area contributed by atoms with E-state index in [1.54, 1.807) is 0 Å². The Morgan fingerprint density at radius 3 is 1.58 bits per heavy atom. The molecule has 0 bridgehead atoms. The fourth-order valence-electron chi connectivity index (χ4n) is 7.29. The van der Waals surface area contributed by atoms with Crippen LogP contribution in [0, 0.1) is 0 Å². The van der Waals surface area contributed by atoms with Crippen molar-refractivity contribution in [3.8, 4) is 0 Å². The van der Waals surface area contributed by atoms with Crippen molar-refractivity contribution in [3.05, 3.63) is 11.6 Å². The molecule has 0 aromatic rings. The summed E-state index contributed by atoms with van der Waals surface area (Å²) in [4.78, 5) is 0. The SMILES string of the molecule is CC1OC(OC2C(CO)OC(OC3C(CO)OC(O)C(O)C3O)C(O)C2O)C(O)C(O)C1NC1C=C(CO)C(OC2OC(CO)C(O)C(O)C2O)C(O)C1O. The van der Waals surface area contributed by atoms with E-state index in [4.69, 9.17) is 33.2 Å². The van der Waals surface area contributed by atoms with Crippen LogP contribution in [0.2, 0.25) is 0 Å². The van der Waals surface area contributed by atoms with Gasteiger partial charge in [0.2, 0.25) is 0 Å². The second kappa shape index (κ2) is 18.8. The molecule has 0 amide bonds. The number of hydrogen-bond acceptors (Lipinski definition) is 24. The molecule has 4 aliphatic heterocycles. The van der Waals surface area contributed by atoms with E-state index >= 15 is 0 Å². The minimum atomic E-state index is -1.99. The molecular formula is C31H53NO23. The van der Waals surface area contributed by atoms with Crippen molar-refractivity contribution >= 4 is 0 Å². The van der Waals surface area contributed by atoms with Crippen LogP contribution in [0.5, 0.6) is 0 Å². The quantitative estimate of drug-likeness (QED) is 0.0814. The van der Waals surface area contributed by atoms with Crippen LogP contribution in [-0.4, -0.2) is 255 Å². The second-order valence-electron chi connectivity index (χ2n) is 14.2. The highest BCUT2D eigenvalue weighted by Gasteiger charge is 2.54. The molecule has 0 saturated carbocycles. The molecule has 0 radical (unpaired) electrons. The lowest BCUT2D eigenvalue weighted by atomic mass is 9.86. The van der Waals surface area contributed by atoms with Gasteiger partial charge in [0.1, 0.15) is 104 Å². The van der Waals surface area contributed by atoms with E-state index in [1.165, 1.54) is 13.0 Å². The Hall–Kier alpha value is -1.22. The summed E-state index contributed by atoms with van der Waals surface area (Å²) in [6.07, 6.45) is -36.3. The van der Waals surface area contributed by atoms with Crippen LogP contribution in [0.3, 0.4) is 0 Å². The summed E-state index contributed by atoms with van der Waals surface area (Å²) >= 11 is 0. The molecule has 5 aliphatic rings. The largest absolute Gasteiger partial charge is 0.394 e. The maximum absolute atomic E-state index is 11.2. The van der Waals surface area contributed by atoms with Crippen molar-refractivity contribution in [2.24, 2.45) is 0 Å². The Morgan fingerprint density at radius 2 is 1.00 bits per heavy atom. The van der Waals surface area contributed by atoms with Crippen molar-refractivity contribution in [3.63, 3.8) is 0 Å². The van der Waals surface area contributed by atoms with Crippen LogP contribution in [0.15, 0.2) is 11.6 Å². The van der Waals surface area contributed by atoms with Gasteiger partial charge in [-0.1, -0.05) is 6.08 Å². The molecule has 4 heterocycles. The van der Waals surface area contributed by atoms with E-state index in [0.717, 1.165) is 0 Å². The molecule has 320 valence electrons. The Balaban J connectivity index is 1.23. The number of aliphatic hydroxyl groups is 16. The molecule has 24 nitrogen and oxygen atoms in total.